The van der Waals surface area contributed by atoms with E-state index in [0.717, 1.165) is 17.9 Å². The van der Waals surface area contributed by atoms with Crippen molar-refractivity contribution in [2.45, 2.75) is 39.5 Å². The quantitative estimate of drug-likeness (QED) is 0.794. The van der Waals surface area contributed by atoms with Crippen LogP contribution in [0.5, 0.6) is 5.75 Å². The van der Waals surface area contributed by atoms with E-state index in [9.17, 15) is 0 Å². The van der Waals surface area contributed by atoms with Crippen molar-refractivity contribution in [2.24, 2.45) is 0 Å². The number of rotatable bonds is 8. The molecule has 0 aliphatic carbocycles. The first-order chi connectivity index (χ1) is 9.74. The van der Waals surface area contributed by atoms with Crippen LogP contribution in [0.1, 0.15) is 37.9 Å². The van der Waals surface area contributed by atoms with Crippen molar-refractivity contribution in [2.75, 3.05) is 26.4 Å². The summed E-state index contributed by atoms with van der Waals surface area (Å²) in [6.07, 6.45) is 0.235. The molecule has 1 aromatic rings. The number of hydrogen-bond acceptors (Lipinski definition) is 4. The minimum absolute atomic E-state index is 0.235. The molecule has 2 rings (SSSR count). The van der Waals surface area contributed by atoms with E-state index in [2.05, 4.69) is 31.3 Å². The van der Waals surface area contributed by atoms with Crippen molar-refractivity contribution in [3.05, 3.63) is 29.3 Å². The first-order valence-corrected chi connectivity index (χ1v) is 7.43. The SMILES string of the molecule is CCNC(C)c1ccc(OCC)c(COC2COC2)c1. The fraction of sp³-hybridized carbons (Fsp3) is 0.625. The second-order valence-electron chi connectivity index (χ2n) is 5.05. The van der Waals surface area contributed by atoms with E-state index in [1.165, 1.54) is 5.56 Å². The number of benzene rings is 1. The largest absolute Gasteiger partial charge is 0.494 e. The Hall–Kier alpha value is -1.10. The van der Waals surface area contributed by atoms with Gasteiger partial charge in [0.2, 0.25) is 0 Å². The molecule has 0 aromatic heterocycles. The zero-order valence-corrected chi connectivity index (χ0v) is 12.6. The summed E-state index contributed by atoms with van der Waals surface area (Å²) in [4.78, 5) is 0. The lowest BCUT2D eigenvalue weighted by Gasteiger charge is -2.26. The first kappa shape index (κ1) is 15.3. The Morgan fingerprint density at radius 1 is 1.35 bits per heavy atom. The van der Waals surface area contributed by atoms with Gasteiger partial charge < -0.3 is 19.5 Å². The predicted molar refractivity (Wildman–Crippen MR) is 79.1 cm³/mol. The smallest absolute Gasteiger partial charge is 0.124 e. The topological polar surface area (TPSA) is 39.7 Å². The van der Waals surface area contributed by atoms with Crippen LogP contribution in [0.15, 0.2) is 18.2 Å². The minimum atomic E-state index is 0.235. The van der Waals surface area contributed by atoms with E-state index < -0.39 is 0 Å². The molecule has 1 heterocycles. The van der Waals surface area contributed by atoms with Gasteiger partial charge in [0, 0.05) is 11.6 Å². The third-order valence-electron chi connectivity index (χ3n) is 3.48. The van der Waals surface area contributed by atoms with Crippen LogP contribution in [-0.4, -0.2) is 32.5 Å². The van der Waals surface area contributed by atoms with Crippen LogP contribution in [0.2, 0.25) is 0 Å². The standard InChI is InChI=1S/C16H25NO3/c1-4-17-12(3)13-6-7-16(19-5-2)14(8-13)9-20-15-10-18-11-15/h6-8,12,15,17H,4-5,9-11H2,1-3H3. The fourth-order valence-electron chi connectivity index (χ4n) is 2.22. The molecule has 1 saturated heterocycles. The van der Waals surface area contributed by atoms with Crippen LogP contribution < -0.4 is 10.1 Å². The van der Waals surface area contributed by atoms with Gasteiger partial charge in [0.25, 0.3) is 0 Å². The van der Waals surface area contributed by atoms with Gasteiger partial charge in [-0.05, 0) is 38.1 Å². The van der Waals surface area contributed by atoms with E-state index in [0.29, 0.717) is 32.5 Å². The van der Waals surface area contributed by atoms with Gasteiger partial charge in [-0.15, -0.1) is 0 Å². The molecule has 112 valence electrons. The Labute approximate surface area is 121 Å². The van der Waals surface area contributed by atoms with Gasteiger partial charge in [0.1, 0.15) is 11.9 Å². The molecule has 1 aromatic carbocycles. The molecule has 0 bridgehead atoms. The second-order valence-corrected chi connectivity index (χ2v) is 5.05. The summed E-state index contributed by atoms with van der Waals surface area (Å²) in [5, 5.41) is 3.43. The van der Waals surface area contributed by atoms with E-state index >= 15 is 0 Å². The molecular formula is C16H25NO3. The van der Waals surface area contributed by atoms with Crippen molar-refractivity contribution >= 4 is 0 Å². The Morgan fingerprint density at radius 3 is 2.75 bits per heavy atom. The molecule has 1 aliphatic rings. The van der Waals surface area contributed by atoms with Crippen molar-refractivity contribution in [3.63, 3.8) is 0 Å². The average molecular weight is 279 g/mol. The summed E-state index contributed by atoms with van der Waals surface area (Å²) in [7, 11) is 0. The van der Waals surface area contributed by atoms with E-state index in [1.807, 2.05) is 13.0 Å². The van der Waals surface area contributed by atoms with Gasteiger partial charge in [-0.3, -0.25) is 0 Å². The molecule has 0 amide bonds. The van der Waals surface area contributed by atoms with Crippen molar-refractivity contribution in [1.29, 1.82) is 0 Å². The summed E-state index contributed by atoms with van der Waals surface area (Å²) in [6.45, 7) is 9.90. The van der Waals surface area contributed by atoms with Crippen molar-refractivity contribution < 1.29 is 14.2 Å². The Morgan fingerprint density at radius 2 is 2.15 bits per heavy atom. The van der Waals surface area contributed by atoms with Gasteiger partial charge in [0.05, 0.1) is 26.4 Å². The normalized spacial score (nSPS) is 16.8. The molecule has 0 saturated carbocycles. The third-order valence-corrected chi connectivity index (χ3v) is 3.48. The van der Waals surface area contributed by atoms with Crippen molar-refractivity contribution in [1.82, 2.24) is 5.32 Å². The second kappa shape index (κ2) is 7.62. The molecule has 1 unspecified atom stereocenters. The molecule has 0 radical (unpaired) electrons. The summed E-state index contributed by atoms with van der Waals surface area (Å²) in [5.41, 5.74) is 2.37. The number of hydrogen-bond donors (Lipinski definition) is 1. The summed E-state index contributed by atoms with van der Waals surface area (Å²) in [5.74, 6) is 0.917. The molecule has 4 nitrogen and oxygen atoms in total. The average Bonchev–Trinajstić information content (AvgIpc) is 2.39. The molecule has 1 atom stereocenters. The molecule has 1 fully saturated rings. The predicted octanol–water partition coefficient (Wildman–Crippen LogP) is 2.67. The fourth-order valence-corrected chi connectivity index (χ4v) is 2.22. The van der Waals surface area contributed by atoms with Crippen LogP contribution >= 0.6 is 0 Å². The van der Waals surface area contributed by atoms with Crippen LogP contribution in [0.4, 0.5) is 0 Å². The van der Waals surface area contributed by atoms with Gasteiger partial charge in [-0.25, -0.2) is 0 Å². The van der Waals surface area contributed by atoms with Crippen LogP contribution in [-0.2, 0) is 16.1 Å². The highest BCUT2D eigenvalue weighted by molar-refractivity contribution is 5.38. The molecule has 1 N–H and O–H groups in total. The van der Waals surface area contributed by atoms with E-state index in [1.54, 1.807) is 0 Å². The zero-order chi connectivity index (χ0) is 14.4. The van der Waals surface area contributed by atoms with Crippen LogP contribution in [0.25, 0.3) is 0 Å². The maximum atomic E-state index is 5.82. The molecular weight excluding hydrogens is 254 g/mol. The molecule has 20 heavy (non-hydrogen) atoms. The zero-order valence-electron chi connectivity index (χ0n) is 12.6. The van der Waals surface area contributed by atoms with E-state index in [-0.39, 0.29) is 6.10 Å². The molecule has 4 heteroatoms. The van der Waals surface area contributed by atoms with Gasteiger partial charge in [-0.1, -0.05) is 13.0 Å². The maximum absolute atomic E-state index is 5.82. The van der Waals surface area contributed by atoms with Crippen LogP contribution in [0, 0.1) is 0 Å². The number of ether oxygens (including phenoxy) is 3. The highest BCUT2D eigenvalue weighted by Crippen LogP contribution is 2.25. The maximum Gasteiger partial charge on any atom is 0.124 e. The Bertz CT molecular complexity index is 418. The molecule has 1 aliphatic heterocycles. The lowest BCUT2D eigenvalue weighted by molar-refractivity contribution is -0.135. The first-order valence-electron chi connectivity index (χ1n) is 7.43. The van der Waals surface area contributed by atoms with Gasteiger partial charge in [0.15, 0.2) is 0 Å². The summed E-state index contributed by atoms with van der Waals surface area (Å²) in [6, 6.07) is 6.68. The third kappa shape index (κ3) is 3.95. The van der Waals surface area contributed by atoms with Crippen molar-refractivity contribution in [3.8, 4) is 5.75 Å². The van der Waals surface area contributed by atoms with Crippen LogP contribution in [0.3, 0.4) is 0 Å². The highest BCUT2D eigenvalue weighted by atomic mass is 16.6. The number of nitrogens with one attached hydrogen (secondary N) is 1. The summed E-state index contributed by atoms with van der Waals surface area (Å²) < 4.78 is 16.6. The summed E-state index contributed by atoms with van der Waals surface area (Å²) >= 11 is 0. The lowest BCUT2D eigenvalue weighted by Crippen LogP contribution is -2.35. The van der Waals surface area contributed by atoms with Gasteiger partial charge in [-0.2, -0.15) is 0 Å². The van der Waals surface area contributed by atoms with E-state index in [4.69, 9.17) is 14.2 Å². The Kier molecular flexibility index (Phi) is 5.83. The molecule has 0 spiro atoms. The Balaban J connectivity index is 2.07. The monoisotopic (exact) mass is 279 g/mol. The lowest BCUT2D eigenvalue weighted by atomic mass is 10.0. The highest BCUT2D eigenvalue weighted by Gasteiger charge is 2.19. The minimum Gasteiger partial charge on any atom is -0.494 e. The van der Waals surface area contributed by atoms with Gasteiger partial charge >= 0.3 is 0 Å².